The summed E-state index contributed by atoms with van der Waals surface area (Å²) in [5, 5.41) is 9.01. The van der Waals surface area contributed by atoms with Crippen LogP contribution < -0.4 is 0 Å². The lowest BCUT2D eigenvalue weighted by Crippen LogP contribution is -2.31. The van der Waals surface area contributed by atoms with Crippen LogP contribution in [0, 0.1) is 0 Å². The molecule has 0 aromatic carbocycles. The Bertz CT molecular complexity index is 208. The van der Waals surface area contributed by atoms with Gasteiger partial charge >= 0.3 is 0 Å². The maximum absolute atomic E-state index is 11.1. The lowest BCUT2D eigenvalue weighted by atomic mass is 10.1. The van der Waals surface area contributed by atoms with Crippen LogP contribution in [-0.4, -0.2) is 23.3 Å². The Morgan fingerprint density at radius 3 is 3.17 bits per heavy atom. The van der Waals surface area contributed by atoms with Crippen LogP contribution in [0.3, 0.4) is 0 Å². The van der Waals surface area contributed by atoms with Crippen LogP contribution in [0.5, 0.6) is 0 Å². The maximum Gasteiger partial charge on any atom is 0.184 e. The highest BCUT2D eigenvalue weighted by molar-refractivity contribution is 5.94. The number of ketones is 1. The van der Waals surface area contributed by atoms with Crippen LogP contribution in [0.1, 0.15) is 12.8 Å². The molecule has 3 heteroatoms. The van der Waals surface area contributed by atoms with Gasteiger partial charge < -0.3 is 9.84 Å². The average Bonchev–Trinajstić information content (AvgIpc) is 2.07. The lowest BCUT2D eigenvalue weighted by Gasteiger charge is -2.20. The number of aliphatic hydroxyl groups is 1. The summed E-state index contributed by atoms with van der Waals surface area (Å²) in [6.45, 7) is 3.54. The van der Waals surface area contributed by atoms with Gasteiger partial charge in [0.2, 0.25) is 0 Å². The second-order valence-electron chi connectivity index (χ2n) is 2.64. The number of hydrogen-bond donors (Lipinski definition) is 1. The molecular weight excluding hydrogens is 156 g/mol. The van der Waals surface area contributed by atoms with E-state index < -0.39 is 12.4 Å². The molecule has 0 bridgehead atoms. The smallest absolute Gasteiger partial charge is 0.184 e. The van der Waals surface area contributed by atoms with Crippen molar-refractivity contribution in [1.82, 2.24) is 0 Å². The molecule has 0 fully saturated rings. The zero-order valence-corrected chi connectivity index (χ0v) is 6.77. The summed E-state index contributed by atoms with van der Waals surface area (Å²) in [6.07, 6.45) is 4.30. The SMILES string of the molecule is C=CCCC1OC(O)C=CC1=O. The van der Waals surface area contributed by atoms with Crippen molar-refractivity contribution in [1.29, 1.82) is 0 Å². The first-order valence-corrected chi connectivity index (χ1v) is 3.90. The van der Waals surface area contributed by atoms with Gasteiger partial charge in [-0.25, -0.2) is 0 Å². The molecule has 0 amide bonds. The minimum atomic E-state index is -0.933. The highest BCUT2D eigenvalue weighted by Gasteiger charge is 2.22. The molecule has 0 saturated carbocycles. The van der Waals surface area contributed by atoms with Gasteiger partial charge in [-0.05, 0) is 25.0 Å². The van der Waals surface area contributed by atoms with Crippen molar-refractivity contribution in [2.24, 2.45) is 0 Å². The molecule has 2 atom stereocenters. The second-order valence-corrected chi connectivity index (χ2v) is 2.64. The third-order valence-electron chi connectivity index (χ3n) is 1.68. The zero-order valence-electron chi connectivity index (χ0n) is 6.77. The highest BCUT2D eigenvalue weighted by Crippen LogP contribution is 2.12. The molecule has 0 spiro atoms. The number of carbonyl (C=O) groups is 1. The van der Waals surface area contributed by atoms with Crippen LogP contribution >= 0.6 is 0 Å². The summed E-state index contributed by atoms with van der Waals surface area (Å²) >= 11 is 0. The predicted molar refractivity (Wildman–Crippen MR) is 44.5 cm³/mol. The summed E-state index contributed by atoms with van der Waals surface area (Å²) in [5.74, 6) is -0.0813. The molecule has 1 aliphatic rings. The van der Waals surface area contributed by atoms with E-state index in [-0.39, 0.29) is 5.78 Å². The Morgan fingerprint density at radius 2 is 2.50 bits per heavy atom. The van der Waals surface area contributed by atoms with Gasteiger partial charge in [-0.2, -0.15) is 0 Å². The van der Waals surface area contributed by atoms with Crippen LogP contribution in [0.4, 0.5) is 0 Å². The molecular formula is C9H12O3. The summed E-state index contributed by atoms with van der Waals surface area (Å²) in [6, 6.07) is 0. The Balaban J connectivity index is 2.48. The lowest BCUT2D eigenvalue weighted by molar-refractivity contribution is -0.148. The van der Waals surface area contributed by atoms with Crippen LogP contribution in [0.2, 0.25) is 0 Å². The number of ether oxygens (including phenoxy) is 1. The molecule has 1 N–H and O–H groups in total. The van der Waals surface area contributed by atoms with Crippen LogP contribution in [0.25, 0.3) is 0 Å². The normalized spacial score (nSPS) is 28.9. The largest absolute Gasteiger partial charge is 0.365 e. The van der Waals surface area contributed by atoms with Crippen LogP contribution in [0.15, 0.2) is 24.8 Å². The third-order valence-corrected chi connectivity index (χ3v) is 1.68. The number of hydrogen-bond acceptors (Lipinski definition) is 3. The number of aliphatic hydroxyl groups excluding tert-OH is 1. The van der Waals surface area contributed by atoms with E-state index in [1.807, 2.05) is 0 Å². The fraction of sp³-hybridized carbons (Fsp3) is 0.444. The van der Waals surface area contributed by atoms with E-state index in [1.165, 1.54) is 12.2 Å². The summed E-state index contributed by atoms with van der Waals surface area (Å²) in [4.78, 5) is 11.1. The first kappa shape index (κ1) is 9.16. The van der Waals surface area contributed by atoms with E-state index in [2.05, 4.69) is 6.58 Å². The molecule has 0 radical (unpaired) electrons. The first-order valence-electron chi connectivity index (χ1n) is 3.90. The predicted octanol–water partition coefficient (Wildman–Crippen LogP) is 0.795. The summed E-state index contributed by atoms with van der Waals surface area (Å²) in [7, 11) is 0. The molecule has 0 aromatic heterocycles. The van der Waals surface area contributed by atoms with Gasteiger partial charge in [0, 0.05) is 0 Å². The molecule has 0 saturated heterocycles. The van der Waals surface area contributed by atoms with Crippen molar-refractivity contribution in [2.45, 2.75) is 25.2 Å². The monoisotopic (exact) mass is 168 g/mol. The van der Waals surface area contributed by atoms with Crippen LogP contribution in [-0.2, 0) is 9.53 Å². The van der Waals surface area contributed by atoms with E-state index in [4.69, 9.17) is 9.84 Å². The Hall–Kier alpha value is -0.930. The number of rotatable bonds is 3. The molecule has 0 aliphatic carbocycles. The third kappa shape index (κ3) is 2.29. The van der Waals surface area contributed by atoms with E-state index in [0.717, 1.165) is 6.42 Å². The number of carbonyl (C=O) groups excluding carboxylic acids is 1. The van der Waals surface area contributed by atoms with Gasteiger partial charge in [-0.3, -0.25) is 4.79 Å². The minimum absolute atomic E-state index is 0.0813. The van der Waals surface area contributed by atoms with Gasteiger partial charge in [-0.15, -0.1) is 6.58 Å². The number of allylic oxidation sites excluding steroid dienone is 1. The maximum atomic E-state index is 11.1. The molecule has 2 unspecified atom stereocenters. The highest BCUT2D eigenvalue weighted by atomic mass is 16.6. The molecule has 1 aliphatic heterocycles. The van der Waals surface area contributed by atoms with Crippen molar-refractivity contribution in [2.75, 3.05) is 0 Å². The molecule has 1 heterocycles. The molecule has 1 rings (SSSR count). The van der Waals surface area contributed by atoms with E-state index in [1.54, 1.807) is 6.08 Å². The summed E-state index contributed by atoms with van der Waals surface area (Å²) in [5.41, 5.74) is 0. The summed E-state index contributed by atoms with van der Waals surface area (Å²) < 4.78 is 4.97. The van der Waals surface area contributed by atoms with Crippen molar-refractivity contribution in [3.8, 4) is 0 Å². The van der Waals surface area contributed by atoms with Gasteiger partial charge in [0.1, 0.15) is 6.10 Å². The Labute approximate surface area is 71.3 Å². The zero-order chi connectivity index (χ0) is 8.97. The average molecular weight is 168 g/mol. The van der Waals surface area contributed by atoms with Crippen molar-refractivity contribution in [3.63, 3.8) is 0 Å². The second kappa shape index (κ2) is 4.18. The first-order chi connectivity index (χ1) is 5.74. The fourth-order valence-corrected chi connectivity index (χ4v) is 1.04. The quantitative estimate of drug-likeness (QED) is 0.634. The van der Waals surface area contributed by atoms with E-state index >= 15 is 0 Å². The van der Waals surface area contributed by atoms with Gasteiger partial charge in [0.25, 0.3) is 0 Å². The molecule has 0 aromatic rings. The van der Waals surface area contributed by atoms with E-state index in [9.17, 15) is 4.79 Å². The van der Waals surface area contributed by atoms with Gasteiger partial charge in [0.15, 0.2) is 12.1 Å². The molecule has 66 valence electrons. The topological polar surface area (TPSA) is 46.5 Å². The Kier molecular flexibility index (Phi) is 3.19. The Morgan fingerprint density at radius 1 is 1.75 bits per heavy atom. The standard InChI is InChI=1S/C9H12O3/c1-2-3-4-8-7(10)5-6-9(11)12-8/h2,5-6,8-9,11H,1,3-4H2. The molecule has 12 heavy (non-hydrogen) atoms. The minimum Gasteiger partial charge on any atom is -0.365 e. The van der Waals surface area contributed by atoms with Crippen molar-refractivity contribution in [3.05, 3.63) is 24.8 Å². The fourth-order valence-electron chi connectivity index (χ4n) is 1.04. The van der Waals surface area contributed by atoms with Gasteiger partial charge in [0.05, 0.1) is 0 Å². The molecule has 3 nitrogen and oxygen atoms in total. The van der Waals surface area contributed by atoms with Crippen molar-refractivity contribution >= 4 is 5.78 Å². The van der Waals surface area contributed by atoms with Crippen molar-refractivity contribution < 1.29 is 14.6 Å². The van der Waals surface area contributed by atoms with Gasteiger partial charge in [-0.1, -0.05) is 6.08 Å². The van der Waals surface area contributed by atoms with E-state index in [0.29, 0.717) is 6.42 Å².